The zero-order valence-corrected chi connectivity index (χ0v) is 17.5. The van der Waals surface area contributed by atoms with Crippen molar-refractivity contribution in [1.82, 2.24) is 0 Å². The van der Waals surface area contributed by atoms with Crippen LogP contribution < -0.4 is 0 Å². The molecule has 0 spiro atoms. The van der Waals surface area contributed by atoms with Gasteiger partial charge in [0.15, 0.2) is 0 Å². The van der Waals surface area contributed by atoms with E-state index in [1.807, 2.05) is 5.57 Å². The molecule has 2 saturated carbocycles. The van der Waals surface area contributed by atoms with E-state index in [9.17, 15) is 0 Å². The first kappa shape index (κ1) is 18.3. The van der Waals surface area contributed by atoms with Gasteiger partial charge in [0.1, 0.15) is 0 Å². The Hall–Kier alpha value is -1.04. The third-order valence-electron chi connectivity index (χ3n) is 9.05. The summed E-state index contributed by atoms with van der Waals surface area (Å²) in [6, 6.07) is 0. The SMILES string of the molecule is C=C1C=C2CCC3C(=CC[C@@]4(C)C3C[C@@H](CC)[C@@H]4C(=C)CC)[C@@]2(C)CC1. The summed E-state index contributed by atoms with van der Waals surface area (Å²) in [5.74, 6) is 3.26. The van der Waals surface area contributed by atoms with Gasteiger partial charge in [0.05, 0.1) is 0 Å². The van der Waals surface area contributed by atoms with E-state index >= 15 is 0 Å². The van der Waals surface area contributed by atoms with Crippen LogP contribution in [0.1, 0.15) is 79.1 Å². The van der Waals surface area contributed by atoms with Crippen LogP contribution in [0.25, 0.3) is 0 Å². The van der Waals surface area contributed by atoms with E-state index in [0.717, 1.165) is 30.1 Å². The van der Waals surface area contributed by atoms with E-state index < -0.39 is 0 Å². The number of fused-ring (bicyclic) bond motifs is 5. The maximum Gasteiger partial charge on any atom is 0.0101 e. The summed E-state index contributed by atoms with van der Waals surface area (Å²) in [6.45, 7) is 18.7. The molecule has 0 aromatic rings. The van der Waals surface area contributed by atoms with Crippen molar-refractivity contribution < 1.29 is 0 Å². The lowest BCUT2D eigenvalue weighted by Crippen LogP contribution is -2.44. The maximum absolute atomic E-state index is 4.54. The highest BCUT2D eigenvalue weighted by Gasteiger charge is 2.58. The van der Waals surface area contributed by atoms with Crippen molar-refractivity contribution in [1.29, 1.82) is 0 Å². The van der Waals surface area contributed by atoms with Crippen LogP contribution in [0.5, 0.6) is 0 Å². The molecule has 0 saturated heterocycles. The molecule has 0 bridgehead atoms. The molecular formula is C26H38. The first-order valence-corrected chi connectivity index (χ1v) is 11.1. The Morgan fingerprint density at radius 3 is 2.69 bits per heavy atom. The van der Waals surface area contributed by atoms with Crippen LogP contribution in [0.2, 0.25) is 0 Å². The van der Waals surface area contributed by atoms with Crippen molar-refractivity contribution in [3.63, 3.8) is 0 Å². The number of allylic oxidation sites excluding steroid dienone is 6. The van der Waals surface area contributed by atoms with Crippen molar-refractivity contribution in [2.24, 2.45) is 34.5 Å². The molecule has 142 valence electrons. The van der Waals surface area contributed by atoms with Crippen molar-refractivity contribution in [3.05, 3.63) is 47.6 Å². The van der Waals surface area contributed by atoms with Crippen LogP contribution in [-0.2, 0) is 0 Å². The lowest BCUT2D eigenvalue weighted by atomic mass is 9.51. The second kappa shape index (κ2) is 6.25. The van der Waals surface area contributed by atoms with Gasteiger partial charge in [0.25, 0.3) is 0 Å². The molecule has 6 atom stereocenters. The molecule has 0 radical (unpaired) electrons. The zero-order chi connectivity index (χ0) is 18.7. The fourth-order valence-corrected chi connectivity index (χ4v) is 7.55. The molecular weight excluding hydrogens is 312 g/mol. The number of hydrogen-bond acceptors (Lipinski definition) is 0. The van der Waals surface area contributed by atoms with Crippen molar-refractivity contribution in [2.45, 2.75) is 79.1 Å². The van der Waals surface area contributed by atoms with Gasteiger partial charge in [-0.3, -0.25) is 0 Å². The molecule has 0 N–H and O–H groups in total. The third-order valence-corrected chi connectivity index (χ3v) is 9.05. The first-order valence-electron chi connectivity index (χ1n) is 11.1. The smallest absolute Gasteiger partial charge is 0.0101 e. The molecule has 0 aromatic carbocycles. The van der Waals surface area contributed by atoms with Gasteiger partial charge in [-0.05, 0) is 74.0 Å². The van der Waals surface area contributed by atoms with E-state index in [0.29, 0.717) is 10.8 Å². The molecule has 4 rings (SSSR count). The summed E-state index contributed by atoms with van der Waals surface area (Å²) in [7, 11) is 0. The molecule has 0 amide bonds. The lowest BCUT2D eigenvalue weighted by Gasteiger charge is -2.54. The molecule has 26 heavy (non-hydrogen) atoms. The molecule has 0 heteroatoms. The van der Waals surface area contributed by atoms with Crippen LogP contribution in [0.4, 0.5) is 0 Å². The Balaban J connectivity index is 1.74. The topological polar surface area (TPSA) is 0 Å². The van der Waals surface area contributed by atoms with Gasteiger partial charge < -0.3 is 0 Å². The fraction of sp³-hybridized carbons (Fsp3) is 0.692. The fourth-order valence-electron chi connectivity index (χ4n) is 7.55. The monoisotopic (exact) mass is 350 g/mol. The molecule has 2 unspecified atom stereocenters. The maximum atomic E-state index is 4.54. The Morgan fingerprint density at radius 1 is 1.23 bits per heavy atom. The molecule has 0 nitrogen and oxygen atoms in total. The van der Waals surface area contributed by atoms with Crippen molar-refractivity contribution in [2.75, 3.05) is 0 Å². The molecule has 0 heterocycles. The van der Waals surface area contributed by atoms with Gasteiger partial charge in [-0.1, -0.05) is 81.7 Å². The Morgan fingerprint density at radius 2 is 2.00 bits per heavy atom. The molecule has 0 aromatic heterocycles. The van der Waals surface area contributed by atoms with Crippen LogP contribution in [0, 0.1) is 34.5 Å². The summed E-state index contributed by atoms with van der Waals surface area (Å²) in [5.41, 5.74) is 7.13. The van der Waals surface area contributed by atoms with Crippen molar-refractivity contribution >= 4 is 0 Å². The highest BCUT2D eigenvalue weighted by Crippen LogP contribution is 2.67. The van der Waals surface area contributed by atoms with Gasteiger partial charge in [0.2, 0.25) is 0 Å². The van der Waals surface area contributed by atoms with E-state index in [4.69, 9.17) is 0 Å². The van der Waals surface area contributed by atoms with Gasteiger partial charge in [-0.2, -0.15) is 0 Å². The number of rotatable bonds is 3. The summed E-state index contributed by atoms with van der Waals surface area (Å²) in [6.07, 6.45) is 15.4. The van der Waals surface area contributed by atoms with Crippen LogP contribution in [0.3, 0.4) is 0 Å². The van der Waals surface area contributed by atoms with Gasteiger partial charge in [-0.25, -0.2) is 0 Å². The van der Waals surface area contributed by atoms with E-state index in [2.05, 4.69) is 53.0 Å². The van der Waals surface area contributed by atoms with Crippen molar-refractivity contribution in [3.8, 4) is 0 Å². The highest BCUT2D eigenvalue weighted by atomic mass is 14.6. The summed E-state index contributed by atoms with van der Waals surface area (Å²) in [4.78, 5) is 0. The highest BCUT2D eigenvalue weighted by molar-refractivity contribution is 5.43. The molecule has 0 aliphatic heterocycles. The van der Waals surface area contributed by atoms with Crippen LogP contribution >= 0.6 is 0 Å². The second-order valence-electron chi connectivity index (χ2n) is 10.2. The Kier molecular flexibility index (Phi) is 4.41. The average Bonchev–Trinajstić information content (AvgIpc) is 2.94. The standard InChI is InChI=1S/C26H38/c1-7-18(4)24-19(8-2)16-23-21-10-9-20-15-17(3)11-13-25(20,5)22(21)12-14-26(23,24)6/h12,15,19,21,23-24H,3-4,7-11,13-14,16H2,1-2,5-6H3/t19-,21?,23?,24+,25+,26+/m1/s1. The third kappa shape index (κ3) is 2.40. The van der Waals surface area contributed by atoms with Gasteiger partial charge in [-0.15, -0.1) is 0 Å². The number of hydrogen-bond donors (Lipinski definition) is 0. The summed E-state index contributed by atoms with van der Waals surface area (Å²) in [5, 5.41) is 0. The molecule has 2 fully saturated rings. The van der Waals surface area contributed by atoms with Gasteiger partial charge >= 0.3 is 0 Å². The lowest BCUT2D eigenvalue weighted by molar-refractivity contribution is 0.0936. The second-order valence-corrected chi connectivity index (χ2v) is 10.2. The van der Waals surface area contributed by atoms with Gasteiger partial charge in [0, 0.05) is 5.41 Å². The molecule has 4 aliphatic rings. The normalized spacial score (nSPS) is 44.5. The molecule has 4 aliphatic carbocycles. The Labute approximate surface area is 161 Å². The Bertz CT molecular complexity index is 689. The minimum atomic E-state index is 0.326. The predicted octanol–water partition coefficient (Wildman–Crippen LogP) is 7.64. The summed E-state index contributed by atoms with van der Waals surface area (Å²) >= 11 is 0. The van der Waals surface area contributed by atoms with Crippen LogP contribution in [0.15, 0.2) is 47.6 Å². The zero-order valence-electron chi connectivity index (χ0n) is 17.5. The van der Waals surface area contributed by atoms with E-state index in [-0.39, 0.29) is 0 Å². The first-order chi connectivity index (χ1) is 12.3. The predicted molar refractivity (Wildman–Crippen MR) is 113 cm³/mol. The van der Waals surface area contributed by atoms with E-state index in [1.165, 1.54) is 56.1 Å². The summed E-state index contributed by atoms with van der Waals surface area (Å²) < 4.78 is 0. The minimum Gasteiger partial charge on any atom is -0.0996 e. The minimum absolute atomic E-state index is 0.326. The average molecular weight is 351 g/mol. The van der Waals surface area contributed by atoms with E-state index in [1.54, 1.807) is 5.57 Å². The van der Waals surface area contributed by atoms with Crippen LogP contribution in [-0.4, -0.2) is 0 Å². The largest absolute Gasteiger partial charge is 0.0996 e. The quantitative estimate of drug-likeness (QED) is 0.459.